The Hall–Kier alpha value is 0.140. The molecule has 1 aliphatic rings. The Bertz CT molecular complexity index is 233. The number of thiophene rings is 1. The minimum Gasteiger partial charge on any atom is -0.367 e. The molecule has 0 aliphatic carbocycles. The molecule has 0 saturated carbocycles. The van der Waals surface area contributed by atoms with E-state index in [1.165, 1.54) is 14.2 Å². The highest BCUT2D eigenvalue weighted by molar-refractivity contribution is 9.10. The standard InChI is InChI=1S/C7H7BrOS/c1-4-5(8)2-7(10-4)6-3-9-6/h2,6H,3H2,1H3/t6-/m0/s1. The van der Waals surface area contributed by atoms with Gasteiger partial charge in [-0.3, -0.25) is 0 Å². The van der Waals surface area contributed by atoms with E-state index in [4.69, 9.17) is 4.74 Å². The first-order valence-corrected chi connectivity index (χ1v) is 4.76. The molecule has 0 radical (unpaired) electrons. The highest BCUT2D eigenvalue weighted by Crippen LogP contribution is 2.38. The number of epoxide rings is 1. The van der Waals surface area contributed by atoms with Gasteiger partial charge in [-0.1, -0.05) is 0 Å². The van der Waals surface area contributed by atoms with Crippen LogP contribution in [0.15, 0.2) is 10.5 Å². The summed E-state index contributed by atoms with van der Waals surface area (Å²) in [4.78, 5) is 2.69. The fourth-order valence-electron chi connectivity index (χ4n) is 0.853. The molecule has 1 aromatic heterocycles. The Labute approximate surface area is 72.1 Å². The molecule has 1 atom stereocenters. The molecule has 1 saturated heterocycles. The molecule has 0 unspecified atom stereocenters. The van der Waals surface area contributed by atoms with Crippen molar-refractivity contribution in [1.29, 1.82) is 0 Å². The van der Waals surface area contributed by atoms with Crippen molar-refractivity contribution < 1.29 is 4.74 Å². The Kier molecular flexibility index (Phi) is 1.59. The fourth-order valence-corrected chi connectivity index (χ4v) is 2.45. The molecule has 0 bridgehead atoms. The third-order valence-corrected chi connectivity index (χ3v) is 3.76. The molecule has 2 heterocycles. The van der Waals surface area contributed by atoms with Crippen LogP contribution in [0.2, 0.25) is 0 Å². The second kappa shape index (κ2) is 2.32. The third-order valence-electron chi connectivity index (χ3n) is 1.53. The quantitative estimate of drug-likeness (QED) is 0.661. The van der Waals surface area contributed by atoms with E-state index >= 15 is 0 Å². The molecule has 0 aromatic carbocycles. The van der Waals surface area contributed by atoms with Crippen LogP contribution < -0.4 is 0 Å². The van der Waals surface area contributed by atoms with Gasteiger partial charge in [-0.05, 0) is 28.9 Å². The number of hydrogen-bond donors (Lipinski definition) is 0. The molecule has 2 rings (SSSR count). The van der Waals surface area contributed by atoms with Crippen LogP contribution in [0.4, 0.5) is 0 Å². The van der Waals surface area contributed by atoms with Crippen LogP contribution in [-0.4, -0.2) is 6.61 Å². The monoisotopic (exact) mass is 218 g/mol. The highest BCUT2D eigenvalue weighted by atomic mass is 79.9. The van der Waals surface area contributed by atoms with Crippen LogP contribution in [0.3, 0.4) is 0 Å². The Morgan fingerprint density at radius 2 is 2.50 bits per heavy atom. The summed E-state index contributed by atoms with van der Waals surface area (Å²) in [7, 11) is 0. The summed E-state index contributed by atoms with van der Waals surface area (Å²) in [6, 6.07) is 2.15. The van der Waals surface area contributed by atoms with Gasteiger partial charge in [-0.15, -0.1) is 11.3 Å². The van der Waals surface area contributed by atoms with E-state index in [-0.39, 0.29) is 0 Å². The molecule has 3 heteroatoms. The molecular weight excluding hydrogens is 212 g/mol. The van der Waals surface area contributed by atoms with Crippen LogP contribution >= 0.6 is 27.3 Å². The van der Waals surface area contributed by atoms with Gasteiger partial charge in [0.1, 0.15) is 6.10 Å². The van der Waals surface area contributed by atoms with Crippen molar-refractivity contribution in [2.45, 2.75) is 13.0 Å². The number of hydrogen-bond acceptors (Lipinski definition) is 2. The normalized spacial score (nSPS) is 23.2. The van der Waals surface area contributed by atoms with Gasteiger partial charge in [0.15, 0.2) is 0 Å². The lowest BCUT2D eigenvalue weighted by molar-refractivity contribution is 0.418. The van der Waals surface area contributed by atoms with Crippen molar-refractivity contribution in [3.8, 4) is 0 Å². The molecule has 0 amide bonds. The first-order chi connectivity index (χ1) is 4.77. The Morgan fingerprint density at radius 3 is 2.90 bits per heavy atom. The summed E-state index contributed by atoms with van der Waals surface area (Å²) >= 11 is 5.28. The second-order valence-electron chi connectivity index (χ2n) is 2.37. The summed E-state index contributed by atoms with van der Waals surface area (Å²) in [6.07, 6.45) is 0.412. The summed E-state index contributed by atoms with van der Waals surface area (Å²) in [5.74, 6) is 0. The van der Waals surface area contributed by atoms with Gasteiger partial charge < -0.3 is 4.74 Å². The van der Waals surface area contributed by atoms with Gasteiger partial charge in [-0.2, -0.15) is 0 Å². The zero-order valence-electron chi connectivity index (χ0n) is 5.56. The summed E-state index contributed by atoms with van der Waals surface area (Å²) in [5, 5.41) is 0. The average molecular weight is 219 g/mol. The summed E-state index contributed by atoms with van der Waals surface area (Å²) in [5.41, 5.74) is 0. The van der Waals surface area contributed by atoms with Crippen molar-refractivity contribution in [3.05, 3.63) is 20.3 Å². The molecule has 1 fully saturated rings. The zero-order chi connectivity index (χ0) is 7.14. The maximum Gasteiger partial charge on any atom is 0.115 e. The fraction of sp³-hybridized carbons (Fsp3) is 0.429. The van der Waals surface area contributed by atoms with Gasteiger partial charge in [0.25, 0.3) is 0 Å². The zero-order valence-corrected chi connectivity index (χ0v) is 7.96. The average Bonchev–Trinajstić information content (AvgIpc) is 2.64. The van der Waals surface area contributed by atoms with Gasteiger partial charge in [0, 0.05) is 14.2 Å². The number of ether oxygens (including phenoxy) is 1. The second-order valence-corrected chi connectivity index (χ2v) is 4.52. The highest BCUT2D eigenvalue weighted by Gasteiger charge is 2.26. The molecule has 0 N–H and O–H groups in total. The minimum absolute atomic E-state index is 0.412. The van der Waals surface area contributed by atoms with Gasteiger partial charge >= 0.3 is 0 Å². The lowest BCUT2D eigenvalue weighted by Crippen LogP contribution is -1.66. The van der Waals surface area contributed by atoms with Crippen LogP contribution in [-0.2, 0) is 4.74 Å². The maximum atomic E-state index is 5.15. The molecule has 1 nitrogen and oxygen atoms in total. The molecular formula is C7H7BrOS. The topological polar surface area (TPSA) is 12.5 Å². The smallest absolute Gasteiger partial charge is 0.115 e. The SMILES string of the molecule is Cc1sc([C@@H]2CO2)cc1Br. The van der Waals surface area contributed by atoms with E-state index in [0.29, 0.717) is 6.10 Å². The third kappa shape index (κ3) is 1.13. The van der Waals surface area contributed by atoms with E-state index in [1.54, 1.807) is 0 Å². The van der Waals surface area contributed by atoms with Crippen molar-refractivity contribution >= 4 is 27.3 Å². The van der Waals surface area contributed by atoms with Gasteiger partial charge in [-0.25, -0.2) is 0 Å². The van der Waals surface area contributed by atoms with Crippen LogP contribution in [0.25, 0.3) is 0 Å². The summed E-state index contributed by atoms with van der Waals surface area (Å²) in [6.45, 7) is 3.02. The lowest BCUT2D eigenvalue weighted by atomic mass is 10.4. The molecule has 0 spiro atoms. The number of halogens is 1. The molecule has 1 aromatic rings. The predicted octanol–water partition coefficient (Wildman–Crippen LogP) is 2.89. The van der Waals surface area contributed by atoms with Gasteiger partial charge in [0.2, 0.25) is 0 Å². The number of aryl methyl sites for hydroxylation is 1. The lowest BCUT2D eigenvalue weighted by Gasteiger charge is -1.80. The van der Waals surface area contributed by atoms with E-state index in [1.807, 2.05) is 11.3 Å². The van der Waals surface area contributed by atoms with Crippen LogP contribution in [0.5, 0.6) is 0 Å². The molecule has 1 aliphatic heterocycles. The maximum absolute atomic E-state index is 5.15. The molecule has 54 valence electrons. The molecule has 10 heavy (non-hydrogen) atoms. The largest absolute Gasteiger partial charge is 0.367 e. The van der Waals surface area contributed by atoms with Crippen LogP contribution in [0, 0.1) is 6.92 Å². The van der Waals surface area contributed by atoms with Crippen molar-refractivity contribution in [2.24, 2.45) is 0 Å². The number of rotatable bonds is 1. The predicted molar refractivity (Wildman–Crippen MR) is 45.4 cm³/mol. The Balaban J connectivity index is 2.34. The Morgan fingerprint density at radius 1 is 1.80 bits per heavy atom. The van der Waals surface area contributed by atoms with Crippen molar-refractivity contribution in [1.82, 2.24) is 0 Å². The summed E-state index contributed by atoms with van der Waals surface area (Å²) < 4.78 is 6.36. The first kappa shape index (κ1) is 6.83. The van der Waals surface area contributed by atoms with Crippen molar-refractivity contribution in [3.63, 3.8) is 0 Å². The van der Waals surface area contributed by atoms with Gasteiger partial charge in [0.05, 0.1) is 6.61 Å². The minimum atomic E-state index is 0.412. The van der Waals surface area contributed by atoms with Crippen molar-refractivity contribution in [2.75, 3.05) is 6.61 Å². The van der Waals surface area contributed by atoms with Crippen LogP contribution in [0.1, 0.15) is 15.9 Å². The van der Waals surface area contributed by atoms with E-state index < -0.39 is 0 Å². The van der Waals surface area contributed by atoms with E-state index in [0.717, 1.165) is 6.61 Å². The first-order valence-electron chi connectivity index (χ1n) is 3.15. The van der Waals surface area contributed by atoms with E-state index in [2.05, 4.69) is 28.9 Å². The van der Waals surface area contributed by atoms with E-state index in [9.17, 15) is 0 Å².